The Morgan fingerprint density at radius 2 is 0.773 bits per heavy atom. The third-order valence-electron chi connectivity index (χ3n) is 2.83. The van der Waals surface area contributed by atoms with Crippen LogP contribution in [0.4, 0.5) is 0 Å². The van der Waals surface area contributed by atoms with Crippen LogP contribution in [-0.4, -0.2) is 23.7 Å². The molecule has 2 N–H and O–H groups in total. The first-order valence-electron chi connectivity index (χ1n) is 5.97. The van der Waals surface area contributed by atoms with Crippen LogP contribution >= 0.6 is 0 Å². The van der Waals surface area contributed by atoms with E-state index in [2.05, 4.69) is 0 Å². The summed E-state index contributed by atoms with van der Waals surface area (Å²) in [6.45, 7) is 0. The van der Waals surface area contributed by atoms with Crippen molar-refractivity contribution in [3.8, 4) is 0 Å². The van der Waals surface area contributed by atoms with Gasteiger partial charge in [-0.2, -0.15) is 0 Å². The zero-order valence-corrected chi connectivity index (χ0v) is 11.3. The van der Waals surface area contributed by atoms with Crippen LogP contribution in [0.3, 0.4) is 0 Å². The molecule has 0 atom stereocenters. The Hall–Kier alpha value is -3.46. The highest BCUT2D eigenvalue weighted by Crippen LogP contribution is 2.26. The number of fused-ring (bicyclic) bond motifs is 2. The Morgan fingerprint density at radius 1 is 0.591 bits per heavy atom. The van der Waals surface area contributed by atoms with Crippen LogP contribution in [0.5, 0.6) is 0 Å². The van der Waals surface area contributed by atoms with Crippen molar-refractivity contribution in [2.75, 3.05) is 0 Å². The van der Waals surface area contributed by atoms with Crippen molar-refractivity contribution >= 4 is 23.7 Å². The predicted octanol–water partition coefficient (Wildman–Crippen LogP) is 2.26. The highest BCUT2D eigenvalue weighted by Gasteiger charge is 2.28. The molecule has 0 bridgehead atoms. The summed E-state index contributed by atoms with van der Waals surface area (Å²) in [6.07, 6.45) is 1.50. The van der Waals surface area contributed by atoms with Crippen LogP contribution in [0.25, 0.3) is 0 Å². The third-order valence-corrected chi connectivity index (χ3v) is 2.83. The highest BCUT2D eigenvalue weighted by atomic mass is 16.1. The fourth-order valence-corrected chi connectivity index (χ4v) is 2.05. The fraction of sp³-hybridized carbons (Fsp3) is 0. The minimum absolute atomic E-state index is 0.0641. The zero-order chi connectivity index (χ0) is 16.5. The maximum atomic E-state index is 12.1. The maximum Gasteiger partial charge on any atom is 0.231 e. The third kappa shape index (κ3) is 3.35. The molecule has 2 aromatic rings. The van der Waals surface area contributed by atoms with Crippen molar-refractivity contribution in [1.29, 1.82) is 10.8 Å². The number of ketones is 2. The standard InChI is InChI=1S/C14H8O2.2CHNO/c15-13-9-5-1-2-6-10(9)14(16)12-8-4-3-7-11(12)13;2*2-1-3/h1-8H;2*2H. The quantitative estimate of drug-likeness (QED) is 0.488. The van der Waals surface area contributed by atoms with Gasteiger partial charge in [0, 0.05) is 22.3 Å². The first kappa shape index (κ1) is 16.6. The van der Waals surface area contributed by atoms with Gasteiger partial charge in [0.2, 0.25) is 12.2 Å². The molecule has 108 valence electrons. The molecule has 0 aliphatic heterocycles. The molecule has 3 rings (SSSR count). The van der Waals surface area contributed by atoms with E-state index in [1.807, 2.05) is 0 Å². The van der Waals surface area contributed by atoms with Crippen LogP contribution in [-0.2, 0) is 9.59 Å². The Kier molecular flexibility index (Phi) is 6.01. The van der Waals surface area contributed by atoms with E-state index in [1.54, 1.807) is 48.5 Å². The molecule has 6 heteroatoms. The summed E-state index contributed by atoms with van der Waals surface area (Å²) >= 11 is 0. The van der Waals surface area contributed by atoms with E-state index in [-0.39, 0.29) is 11.6 Å². The number of rotatable bonds is 0. The van der Waals surface area contributed by atoms with Crippen molar-refractivity contribution < 1.29 is 19.2 Å². The predicted molar refractivity (Wildman–Crippen MR) is 76.6 cm³/mol. The van der Waals surface area contributed by atoms with E-state index in [9.17, 15) is 9.59 Å². The number of hydrogen-bond acceptors (Lipinski definition) is 6. The van der Waals surface area contributed by atoms with Crippen molar-refractivity contribution in [3.05, 3.63) is 70.8 Å². The Balaban J connectivity index is 0.000000353. The van der Waals surface area contributed by atoms with Crippen molar-refractivity contribution in [1.82, 2.24) is 0 Å². The number of nitrogens with one attached hydrogen (secondary N) is 2. The van der Waals surface area contributed by atoms with Gasteiger partial charge in [-0.15, -0.1) is 0 Å². The molecule has 0 amide bonds. The molecule has 0 aromatic heterocycles. The van der Waals surface area contributed by atoms with Crippen molar-refractivity contribution in [3.63, 3.8) is 0 Å². The lowest BCUT2D eigenvalue weighted by Crippen LogP contribution is -2.20. The molecule has 0 saturated heterocycles. The van der Waals surface area contributed by atoms with Gasteiger partial charge < -0.3 is 0 Å². The normalized spacial score (nSPS) is 10.4. The molecule has 0 saturated carbocycles. The largest absolute Gasteiger partial charge is 0.289 e. The summed E-state index contributed by atoms with van der Waals surface area (Å²) in [5.74, 6) is -0.128. The van der Waals surface area contributed by atoms with E-state index in [1.165, 1.54) is 0 Å². The molecule has 0 radical (unpaired) electrons. The first-order valence-corrected chi connectivity index (χ1v) is 5.97. The van der Waals surface area contributed by atoms with E-state index in [0.717, 1.165) is 12.2 Å². The second-order valence-electron chi connectivity index (χ2n) is 3.95. The number of hydrogen-bond donors (Lipinski definition) is 2. The minimum atomic E-state index is -0.0641. The van der Waals surface area contributed by atoms with E-state index >= 15 is 0 Å². The second-order valence-corrected chi connectivity index (χ2v) is 3.95. The van der Waals surface area contributed by atoms with E-state index < -0.39 is 0 Å². The Labute approximate surface area is 125 Å². The molecule has 6 nitrogen and oxygen atoms in total. The average Bonchev–Trinajstić information content (AvgIpc) is 2.54. The van der Waals surface area contributed by atoms with Gasteiger partial charge in [0.05, 0.1) is 0 Å². The number of carbonyl (C=O) groups excluding carboxylic acids is 4. The van der Waals surface area contributed by atoms with Gasteiger partial charge in [0.1, 0.15) is 0 Å². The second kappa shape index (κ2) is 7.97. The molecule has 2 aromatic carbocycles. The lowest BCUT2D eigenvalue weighted by Gasteiger charge is -2.16. The van der Waals surface area contributed by atoms with Gasteiger partial charge in [-0.25, -0.2) is 20.4 Å². The summed E-state index contributed by atoms with van der Waals surface area (Å²) in [5, 5.41) is 10.8. The van der Waals surface area contributed by atoms with Gasteiger partial charge in [0.15, 0.2) is 11.6 Å². The topological polar surface area (TPSA) is 116 Å². The number of benzene rings is 2. The summed E-state index contributed by atoms with van der Waals surface area (Å²) in [7, 11) is 0. The average molecular weight is 294 g/mol. The Morgan fingerprint density at radius 3 is 0.955 bits per heavy atom. The first-order chi connectivity index (χ1) is 10.6. The SMILES string of the molecule is N=C=O.N=C=O.O=C1c2ccccc2C(=O)c2ccccc21. The number of isocyanates is 2. The van der Waals surface area contributed by atoms with Crippen LogP contribution in [0.15, 0.2) is 48.5 Å². The monoisotopic (exact) mass is 294 g/mol. The fourth-order valence-electron chi connectivity index (χ4n) is 2.05. The summed E-state index contributed by atoms with van der Waals surface area (Å²) in [6, 6.07) is 13.9. The molecular formula is C16H10N2O4. The molecule has 0 fully saturated rings. The van der Waals surface area contributed by atoms with Crippen LogP contribution in [0.1, 0.15) is 31.8 Å². The lowest BCUT2D eigenvalue weighted by molar-refractivity contribution is 0.0979. The molecule has 1 aliphatic rings. The molecule has 0 heterocycles. The van der Waals surface area contributed by atoms with Crippen LogP contribution in [0.2, 0.25) is 0 Å². The van der Waals surface area contributed by atoms with Gasteiger partial charge in [-0.3, -0.25) is 9.59 Å². The van der Waals surface area contributed by atoms with Crippen molar-refractivity contribution in [2.24, 2.45) is 0 Å². The van der Waals surface area contributed by atoms with Gasteiger partial charge in [-0.1, -0.05) is 48.5 Å². The van der Waals surface area contributed by atoms with Gasteiger partial charge in [-0.05, 0) is 0 Å². The lowest BCUT2D eigenvalue weighted by atomic mass is 9.84. The Bertz CT molecular complexity index is 667. The molecule has 0 unspecified atom stereocenters. The molecule has 22 heavy (non-hydrogen) atoms. The summed E-state index contributed by atoms with van der Waals surface area (Å²) in [5.41, 5.74) is 2.02. The zero-order valence-electron chi connectivity index (χ0n) is 11.3. The molecule has 1 aliphatic carbocycles. The molecular weight excluding hydrogens is 284 g/mol. The number of carbonyl (C=O) groups is 2. The summed E-state index contributed by atoms with van der Waals surface area (Å²) in [4.78, 5) is 40.9. The maximum absolute atomic E-state index is 12.1. The molecule has 0 spiro atoms. The summed E-state index contributed by atoms with van der Waals surface area (Å²) < 4.78 is 0. The van der Waals surface area contributed by atoms with Crippen molar-refractivity contribution in [2.45, 2.75) is 0 Å². The van der Waals surface area contributed by atoms with Gasteiger partial charge >= 0.3 is 0 Å². The smallest absolute Gasteiger partial charge is 0.231 e. The van der Waals surface area contributed by atoms with Crippen LogP contribution < -0.4 is 0 Å². The van der Waals surface area contributed by atoms with Gasteiger partial charge in [0.25, 0.3) is 0 Å². The van der Waals surface area contributed by atoms with E-state index in [0.29, 0.717) is 22.3 Å². The van der Waals surface area contributed by atoms with E-state index in [4.69, 9.17) is 20.4 Å². The van der Waals surface area contributed by atoms with Crippen LogP contribution in [0, 0.1) is 10.8 Å². The minimum Gasteiger partial charge on any atom is -0.289 e. The highest BCUT2D eigenvalue weighted by molar-refractivity contribution is 6.28.